The van der Waals surface area contributed by atoms with Crippen molar-refractivity contribution in [3.63, 3.8) is 0 Å². The Morgan fingerprint density at radius 1 is 0.875 bits per heavy atom. The molecule has 5 aliphatic carbocycles. The molecule has 2 N–H and O–H groups in total. The van der Waals surface area contributed by atoms with E-state index >= 15 is 0 Å². The molecular formula is C29H46O3. The molecule has 6 unspecified atom stereocenters. The summed E-state index contributed by atoms with van der Waals surface area (Å²) >= 11 is 0. The zero-order valence-corrected chi connectivity index (χ0v) is 21.3. The lowest BCUT2D eigenvalue weighted by Crippen LogP contribution is -2.64. The second-order valence-electron chi connectivity index (χ2n) is 14.2. The van der Waals surface area contributed by atoms with Crippen molar-refractivity contribution in [3.8, 4) is 0 Å². The summed E-state index contributed by atoms with van der Waals surface area (Å²) in [6, 6.07) is 0. The fourth-order valence-electron chi connectivity index (χ4n) is 11.3. The lowest BCUT2D eigenvalue weighted by Gasteiger charge is -2.70. The summed E-state index contributed by atoms with van der Waals surface area (Å²) in [7, 11) is 0. The van der Waals surface area contributed by atoms with Gasteiger partial charge in [-0.1, -0.05) is 46.8 Å². The number of hydrogen-bond donors (Lipinski definition) is 2. The fraction of sp³-hybridized carbons (Fsp3) is 0.897. The smallest absolute Gasteiger partial charge is 0.309 e. The van der Waals surface area contributed by atoms with Crippen LogP contribution in [0.15, 0.2) is 12.2 Å². The summed E-state index contributed by atoms with van der Waals surface area (Å²) in [4.78, 5) is 12.7. The Morgan fingerprint density at radius 2 is 1.56 bits per heavy atom. The van der Waals surface area contributed by atoms with E-state index in [1.165, 1.54) is 24.8 Å². The van der Waals surface area contributed by atoms with Crippen molar-refractivity contribution < 1.29 is 15.0 Å². The molecule has 0 aromatic heterocycles. The number of carbonyl (C=O) groups is 1. The van der Waals surface area contributed by atoms with E-state index in [9.17, 15) is 15.0 Å². The van der Waals surface area contributed by atoms with Gasteiger partial charge in [0.1, 0.15) is 0 Å². The number of rotatable bonds is 2. The monoisotopic (exact) mass is 442 g/mol. The number of aliphatic carboxylic acids is 1. The number of hydrogen-bond acceptors (Lipinski definition) is 2. The highest BCUT2D eigenvalue weighted by Gasteiger charge is 2.72. The molecule has 0 saturated heterocycles. The summed E-state index contributed by atoms with van der Waals surface area (Å²) < 4.78 is 0. The molecule has 5 aliphatic rings. The van der Waals surface area contributed by atoms with Crippen LogP contribution < -0.4 is 0 Å². The van der Waals surface area contributed by atoms with Crippen LogP contribution in [0.1, 0.15) is 99.3 Å². The zero-order chi connectivity index (χ0) is 23.5. The van der Waals surface area contributed by atoms with Crippen LogP contribution in [0.4, 0.5) is 0 Å². The maximum atomic E-state index is 12.7. The van der Waals surface area contributed by atoms with Gasteiger partial charge < -0.3 is 10.2 Å². The van der Waals surface area contributed by atoms with E-state index in [2.05, 4.69) is 48.1 Å². The lowest BCUT2D eigenvalue weighted by atomic mass is 9.34. The third-order valence-electron chi connectivity index (χ3n) is 13.1. The SMILES string of the molecule is C=C(C)C1CC[C@]2(C(=O)O)CC[C@]3(C)C(CCC4[C@@]5(C)CC(O)C(C)(C)C5CC[C@]43C)C12. The van der Waals surface area contributed by atoms with Crippen LogP contribution in [0.2, 0.25) is 0 Å². The highest BCUT2D eigenvalue weighted by molar-refractivity contribution is 5.76. The van der Waals surface area contributed by atoms with Gasteiger partial charge in [-0.3, -0.25) is 4.79 Å². The second kappa shape index (κ2) is 6.64. The van der Waals surface area contributed by atoms with Gasteiger partial charge in [0.25, 0.3) is 0 Å². The minimum atomic E-state index is -0.545. The Bertz CT molecular complexity index is 845. The molecule has 0 aliphatic heterocycles. The van der Waals surface area contributed by atoms with Gasteiger partial charge in [-0.05, 0) is 116 Å². The molecule has 5 fully saturated rings. The van der Waals surface area contributed by atoms with E-state index in [-0.39, 0.29) is 33.7 Å². The van der Waals surface area contributed by atoms with E-state index in [1.54, 1.807) is 0 Å². The molecule has 32 heavy (non-hydrogen) atoms. The Balaban J connectivity index is 1.58. The molecule has 0 amide bonds. The van der Waals surface area contributed by atoms with Gasteiger partial charge in [0, 0.05) is 0 Å². The van der Waals surface area contributed by atoms with Crippen LogP contribution in [0, 0.1) is 56.7 Å². The van der Waals surface area contributed by atoms with E-state index in [4.69, 9.17) is 0 Å². The summed E-state index contributed by atoms with van der Waals surface area (Å²) in [5.74, 6) is 1.72. The average Bonchev–Trinajstić information content (AvgIpc) is 3.17. The molecule has 0 aromatic carbocycles. The number of aliphatic hydroxyl groups is 1. The summed E-state index contributed by atoms with van der Waals surface area (Å²) in [6.45, 7) is 18.7. The average molecular weight is 443 g/mol. The number of carboxylic acids is 1. The normalized spacial score (nSPS) is 56.0. The summed E-state index contributed by atoms with van der Waals surface area (Å²) in [5, 5.41) is 21.5. The highest BCUT2D eigenvalue weighted by Crippen LogP contribution is 2.78. The quantitative estimate of drug-likeness (QED) is 0.468. The predicted molar refractivity (Wildman–Crippen MR) is 128 cm³/mol. The number of aliphatic hydroxyl groups excluding tert-OH is 1. The van der Waals surface area contributed by atoms with Gasteiger partial charge >= 0.3 is 5.97 Å². The van der Waals surface area contributed by atoms with Crippen LogP contribution in [-0.4, -0.2) is 22.3 Å². The van der Waals surface area contributed by atoms with Crippen molar-refractivity contribution in [1.82, 2.24) is 0 Å². The van der Waals surface area contributed by atoms with Crippen molar-refractivity contribution in [2.45, 2.75) is 105 Å². The molecule has 0 radical (unpaired) electrons. The first kappa shape index (κ1) is 22.9. The molecule has 180 valence electrons. The van der Waals surface area contributed by atoms with Crippen molar-refractivity contribution >= 4 is 5.97 Å². The van der Waals surface area contributed by atoms with Gasteiger partial charge in [0.05, 0.1) is 11.5 Å². The van der Waals surface area contributed by atoms with Crippen LogP contribution in [0.5, 0.6) is 0 Å². The molecule has 0 aromatic rings. The van der Waals surface area contributed by atoms with Gasteiger partial charge in [-0.2, -0.15) is 0 Å². The summed E-state index contributed by atoms with van der Waals surface area (Å²) in [5.41, 5.74) is 1.23. The maximum Gasteiger partial charge on any atom is 0.309 e. The molecule has 10 atom stereocenters. The van der Waals surface area contributed by atoms with Crippen LogP contribution in [-0.2, 0) is 4.79 Å². The minimum Gasteiger partial charge on any atom is -0.481 e. The van der Waals surface area contributed by atoms with Gasteiger partial charge in [0.2, 0.25) is 0 Å². The van der Waals surface area contributed by atoms with Crippen molar-refractivity contribution in [2.75, 3.05) is 0 Å². The van der Waals surface area contributed by atoms with Crippen molar-refractivity contribution in [2.24, 2.45) is 56.7 Å². The largest absolute Gasteiger partial charge is 0.481 e. The number of allylic oxidation sites excluding steroid dienone is 1. The first-order chi connectivity index (χ1) is 14.8. The van der Waals surface area contributed by atoms with Crippen molar-refractivity contribution in [1.29, 1.82) is 0 Å². The number of fused-ring (bicyclic) bond motifs is 7. The molecule has 3 nitrogen and oxygen atoms in total. The van der Waals surface area contributed by atoms with E-state index in [0.717, 1.165) is 38.5 Å². The first-order valence-corrected chi connectivity index (χ1v) is 13.3. The third-order valence-corrected chi connectivity index (χ3v) is 13.1. The zero-order valence-electron chi connectivity index (χ0n) is 21.3. The molecule has 5 saturated carbocycles. The molecule has 0 heterocycles. The van der Waals surface area contributed by atoms with Crippen LogP contribution in [0.3, 0.4) is 0 Å². The van der Waals surface area contributed by atoms with Crippen LogP contribution in [0.25, 0.3) is 0 Å². The Kier molecular flexibility index (Phi) is 4.76. The molecule has 3 heteroatoms. The molecule has 0 spiro atoms. The van der Waals surface area contributed by atoms with Crippen molar-refractivity contribution in [3.05, 3.63) is 12.2 Å². The lowest BCUT2D eigenvalue weighted by molar-refractivity contribution is -0.221. The first-order valence-electron chi connectivity index (χ1n) is 13.3. The molecule has 0 bridgehead atoms. The Labute approximate surface area is 195 Å². The molecular weight excluding hydrogens is 396 g/mol. The topological polar surface area (TPSA) is 57.5 Å². The van der Waals surface area contributed by atoms with E-state index in [0.29, 0.717) is 23.7 Å². The van der Waals surface area contributed by atoms with Gasteiger partial charge in [-0.25, -0.2) is 0 Å². The maximum absolute atomic E-state index is 12.7. The standard InChI is InChI=1S/C29H46O3/c1-17(2)18-10-13-29(24(31)32)15-14-27(6)19(23(18)29)8-9-21-26(5)16-22(30)25(3,4)20(26)11-12-28(21,27)7/h18-23,30H,1,8-16H2,2-7H3,(H,31,32)/t18?,19?,20?,21?,22?,23?,26-,27+,28+,29-/m0/s1. The van der Waals surface area contributed by atoms with Gasteiger partial charge in [-0.15, -0.1) is 0 Å². The Morgan fingerprint density at radius 3 is 2.19 bits per heavy atom. The number of carboxylic acid groups (broad SMARTS) is 1. The van der Waals surface area contributed by atoms with E-state index in [1.807, 2.05) is 0 Å². The Hall–Kier alpha value is -0.830. The van der Waals surface area contributed by atoms with E-state index < -0.39 is 11.4 Å². The van der Waals surface area contributed by atoms with Gasteiger partial charge in [0.15, 0.2) is 0 Å². The highest BCUT2D eigenvalue weighted by atomic mass is 16.4. The van der Waals surface area contributed by atoms with Crippen LogP contribution >= 0.6 is 0 Å². The minimum absolute atomic E-state index is 0.00460. The predicted octanol–water partition coefficient (Wildman–Crippen LogP) is 6.70. The third kappa shape index (κ3) is 2.45. The second-order valence-corrected chi connectivity index (χ2v) is 14.2. The molecule has 5 rings (SSSR count). The summed E-state index contributed by atoms with van der Waals surface area (Å²) in [6.07, 6.45) is 9.21. The fourth-order valence-corrected chi connectivity index (χ4v) is 11.3.